The fourth-order valence-corrected chi connectivity index (χ4v) is 2.34. The maximum atomic E-state index is 11.8. The van der Waals surface area contributed by atoms with Gasteiger partial charge in [-0.2, -0.15) is 0 Å². The number of amides is 1. The van der Waals surface area contributed by atoms with Gasteiger partial charge in [0, 0.05) is 18.3 Å². The lowest BCUT2D eigenvalue weighted by Gasteiger charge is -2.02. The average molecular weight is 311 g/mol. The van der Waals surface area contributed by atoms with Gasteiger partial charge in [0.25, 0.3) is 0 Å². The Labute approximate surface area is 130 Å². The van der Waals surface area contributed by atoms with Crippen molar-refractivity contribution in [3.63, 3.8) is 0 Å². The molecule has 0 radical (unpaired) electrons. The number of carboxylic acid groups (broad SMARTS) is 1. The van der Waals surface area contributed by atoms with Crippen molar-refractivity contribution in [2.24, 2.45) is 5.92 Å². The molecule has 3 aromatic rings. The normalized spacial score (nSPS) is 14.1. The highest BCUT2D eigenvalue weighted by atomic mass is 16.4. The molecule has 8 nitrogen and oxygen atoms in total. The summed E-state index contributed by atoms with van der Waals surface area (Å²) in [4.78, 5) is 30.8. The molecule has 1 aliphatic carbocycles. The minimum absolute atomic E-state index is 0.00865. The van der Waals surface area contributed by atoms with E-state index in [0.29, 0.717) is 11.5 Å². The summed E-state index contributed by atoms with van der Waals surface area (Å²) in [7, 11) is 0. The molecule has 1 fully saturated rings. The molecule has 2 N–H and O–H groups in total. The highest BCUT2D eigenvalue weighted by molar-refractivity contribution is 5.93. The van der Waals surface area contributed by atoms with Crippen LogP contribution in [-0.4, -0.2) is 35.9 Å². The molecule has 116 valence electrons. The summed E-state index contributed by atoms with van der Waals surface area (Å²) < 4.78 is 3.39. The Hall–Kier alpha value is -3.16. The molecule has 23 heavy (non-hydrogen) atoms. The zero-order valence-electron chi connectivity index (χ0n) is 12.0. The summed E-state index contributed by atoms with van der Waals surface area (Å²) in [5.41, 5.74) is 1.42. The van der Waals surface area contributed by atoms with Crippen LogP contribution < -0.4 is 5.32 Å². The molecule has 1 saturated carbocycles. The van der Waals surface area contributed by atoms with E-state index >= 15 is 0 Å². The second-order valence-corrected chi connectivity index (χ2v) is 5.51. The smallest absolute Gasteiger partial charge is 0.356 e. The van der Waals surface area contributed by atoms with Crippen LogP contribution >= 0.6 is 0 Å². The Balaban J connectivity index is 1.64. The first-order chi connectivity index (χ1) is 11.1. The number of aromatic nitrogens is 4. The second kappa shape index (κ2) is 4.94. The number of fused-ring (bicyclic) bond motifs is 1. The molecule has 0 aliphatic heterocycles. The summed E-state index contributed by atoms with van der Waals surface area (Å²) in [6.07, 6.45) is 8.29. The van der Waals surface area contributed by atoms with E-state index in [4.69, 9.17) is 5.11 Å². The fraction of sp³-hybridized carbons (Fsp3) is 0.200. The minimum Gasteiger partial charge on any atom is -0.476 e. The quantitative estimate of drug-likeness (QED) is 0.761. The molecule has 3 aromatic heterocycles. The third kappa shape index (κ3) is 2.54. The Morgan fingerprint density at radius 2 is 2.04 bits per heavy atom. The summed E-state index contributed by atoms with van der Waals surface area (Å²) >= 11 is 0. The van der Waals surface area contributed by atoms with Gasteiger partial charge >= 0.3 is 5.97 Å². The monoisotopic (exact) mass is 311 g/mol. The number of anilines is 1. The van der Waals surface area contributed by atoms with Gasteiger partial charge in [-0.05, 0) is 25.0 Å². The molecule has 0 bridgehead atoms. The number of hydrogen-bond acceptors (Lipinski definition) is 4. The zero-order valence-corrected chi connectivity index (χ0v) is 12.0. The first-order valence-corrected chi connectivity index (χ1v) is 7.17. The average Bonchev–Trinajstić information content (AvgIpc) is 3.11. The van der Waals surface area contributed by atoms with Crippen LogP contribution in [0.2, 0.25) is 0 Å². The highest BCUT2D eigenvalue weighted by Gasteiger charge is 2.29. The molecule has 0 saturated heterocycles. The molecular formula is C15H13N5O3. The molecule has 0 spiro atoms. The first kappa shape index (κ1) is 13.5. The van der Waals surface area contributed by atoms with Crippen LogP contribution in [0, 0.1) is 5.92 Å². The van der Waals surface area contributed by atoms with Gasteiger partial charge < -0.3 is 19.4 Å². The third-order valence-corrected chi connectivity index (χ3v) is 3.73. The van der Waals surface area contributed by atoms with Gasteiger partial charge in [0.15, 0.2) is 11.5 Å². The number of carboxylic acids is 1. The number of imidazole rings is 2. The van der Waals surface area contributed by atoms with Crippen molar-refractivity contribution in [1.29, 1.82) is 0 Å². The molecule has 1 amide bonds. The summed E-state index contributed by atoms with van der Waals surface area (Å²) in [5.74, 6) is -0.432. The van der Waals surface area contributed by atoms with Crippen molar-refractivity contribution in [3.8, 4) is 5.69 Å². The van der Waals surface area contributed by atoms with Crippen LogP contribution in [0.15, 0.2) is 37.1 Å². The molecule has 0 unspecified atom stereocenters. The van der Waals surface area contributed by atoms with Crippen LogP contribution in [-0.2, 0) is 4.79 Å². The topological polar surface area (TPSA) is 102 Å². The summed E-state index contributed by atoms with van der Waals surface area (Å²) in [6, 6.07) is 3.60. The van der Waals surface area contributed by atoms with Gasteiger partial charge in [0.2, 0.25) is 5.91 Å². The molecule has 3 heterocycles. The van der Waals surface area contributed by atoms with E-state index in [1.165, 1.54) is 12.5 Å². The lowest BCUT2D eigenvalue weighted by atomic mass is 10.4. The number of nitrogens with zero attached hydrogens (tertiary/aromatic N) is 4. The summed E-state index contributed by atoms with van der Waals surface area (Å²) in [6.45, 7) is 0. The zero-order chi connectivity index (χ0) is 16.0. The van der Waals surface area contributed by atoms with Crippen LogP contribution in [0.4, 0.5) is 5.82 Å². The van der Waals surface area contributed by atoms with Crippen LogP contribution in [0.25, 0.3) is 11.3 Å². The number of aromatic carboxylic acids is 1. The minimum atomic E-state index is -1.07. The predicted molar refractivity (Wildman–Crippen MR) is 80.6 cm³/mol. The van der Waals surface area contributed by atoms with Crippen molar-refractivity contribution >= 4 is 23.3 Å². The van der Waals surface area contributed by atoms with Gasteiger partial charge in [-0.25, -0.2) is 14.8 Å². The van der Waals surface area contributed by atoms with E-state index in [2.05, 4.69) is 15.3 Å². The molecule has 0 atom stereocenters. The maximum Gasteiger partial charge on any atom is 0.356 e. The standard InChI is InChI=1S/C15H13N5O3/c21-14(9-1-2-9)18-12-7-19-5-10(3-4-13(19)17-12)20-6-11(15(22)23)16-8-20/h3-9H,1-2H2,(H,18,21)(H,22,23). The predicted octanol–water partition coefficient (Wildman–Crippen LogP) is 1.57. The third-order valence-electron chi connectivity index (χ3n) is 3.73. The van der Waals surface area contributed by atoms with E-state index < -0.39 is 5.97 Å². The van der Waals surface area contributed by atoms with Crippen molar-refractivity contribution in [2.75, 3.05) is 5.32 Å². The molecule has 1 aliphatic rings. The Morgan fingerprint density at radius 1 is 1.22 bits per heavy atom. The van der Waals surface area contributed by atoms with Crippen molar-refractivity contribution in [1.82, 2.24) is 18.9 Å². The lowest BCUT2D eigenvalue weighted by molar-refractivity contribution is -0.117. The highest BCUT2D eigenvalue weighted by Crippen LogP contribution is 2.30. The second-order valence-electron chi connectivity index (χ2n) is 5.51. The van der Waals surface area contributed by atoms with Crippen LogP contribution in [0.5, 0.6) is 0 Å². The Kier molecular flexibility index (Phi) is 2.90. The van der Waals surface area contributed by atoms with E-state index in [1.54, 1.807) is 27.4 Å². The molecular weight excluding hydrogens is 298 g/mol. The van der Waals surface area contributed by atoms with Gasteiger partial charge in [-0.15, -0.1) is 0 Å². The van der Waals surface area contributed by atoms with Gasteiger partial charge in [-0.1, -0.05) is 0 Å². The van der Waals surface area contributed by atoms with E-state index in [0.717, 1.165) is 18.5 Å². The molecule has 4 rings (SSSR count). The number of nitrogens with one attached hydrogen (secondary N) is 1. The Bertz CT molecular complexity index is 922. The van der Waals surface area contributed by atoms with Crippen LogP contribution in [0.3, 0.4) is 0 Å². The van der Waals surface area contributed by atoms with Crippen molar-refractivity contribution < 1.29 is 14.7 Å². The largest absolute Gasteiger partial charge is 0.476 e. The number of pyridine rings is 1. The van der Waals surface area contributed by atoms with E-state index in [-0.39, 0.29) is 17.5 Å². The van der Waals surface area contributed by atoms with E-state index in [1.807, 2.05) is 6.07 Å². The lowest BCUT2D eigenvalue weighted by Crippen LogP contribution is -2.13. The van der Waals surface area contributed by atoms with Gasteiger partial charge in [0.05, 0.1) is 11.9 Å². The van der Waals surface area contributed by atoms with Crippen molar-refractivity contribution in [3.05, 3.63) is 42.7 Å². The summed E-state index contributed by atoms with van der Waals surface area (Å²) in [5, 5.41) is 11.7. The number of carbonyl (C=O) groups excluding carboxylic acids is 1. The molecule has 8 heteroatoms. The van der Waals surface area contributed by atoms with E-state index in [9.17, 15) is 9.59 Å². The Morgan fingerprint density at radius 3 is 2.74 bits per heavy atom. The molecule has 0 aromatic carbocycles. The van der Waals surface area contributed by atoms with Crippen LogP contribution in [0.1, 0.15) is 23.3 Å². The number of carbonyl (C=O) groups is 2. The SMILES string of the molecule is O=C(O)c1cn(-c2ccc3nc(NC(=O)C4CC4)cn3c2)cn1. The number of hydrogen-bond donors (Lipinski definition) is 2. The first-order valence-electron chi connectivity index (χ1n) is 7.17. The maximum absolute atomic E-state index is 11.8. The van der Waals surface area contributed by atoms with Crippen molar-refractivity contribution in [2.45, 2.75) is 12.8 Å². The number of rotatable bonds is 4. The van der Waals surface area contributed by atoms with Gasteiger partial charge in [-0.3, -0.25) is 4.79 Å². The fourth-order valence-electron chi connectivity index (χ4n) is 2.34. The van der Waals surface area contributed by atoms with Gasteiger partial charge in [0.1, 0.15) is 12.0 Å².